The van der Waals surface area contributed by atoms with Gasteiger partial charge in [0.2, 0.25) is 11.8 Å². The van der Waals surface area contributed by atoms with Gasteiger partial charge in [-0.1, -0.05) is 19.1 Å². The van der Waals surface area contributed by atoms with Gasteiger partial charge in [-0.15, -0.1) is 0 Å². The van der Waals surface area contributed by atoms with Gasteiger partial charge in [0.1, 0.15) is 0 Å². The van der Waals surface area contributed by atoms with Crippen LogP contribution in [0.25, 0.3) is 0 Å². The van der Waals surface area contributed by atoms with E-state index in [9.17, 15) is 14.4 Å². The molecule has 2 saturated heterocycles. The molecule has 1 aromatic carbocycles. The molecule has 0 aromatic heterocycles. The number of hydrogen-bond donors (Lipinski definition) is 0. The van der Waals surface area contributed by atoms with Crippen molar-refractivity contribution in [2.24, 2.45) is 0 Å². The number of hydrazine groups is 1. The van der Waals surface area contributed by atoms with Gasteiger partial charge >= 0.3 is 0 Å². The summed E-state index contributed by atoms with van der Waals surface area (Å²) in [5, 5.41) is 2.41. The molecule has 3 aliphatic rings. The van der Waals surface area contributed by atoms with Crippen LogP contribution in [0, 0.1) is 0 Å². The minimum atomic E-state index is -0.268. The molecule has 3 heterocycles. The molecule has 0 spiro atoms. The lowest BCUT2D eigenvalue weighted by molar-refractivity contribution is -0.163. The van der Waals surface area contributed by atoms with Crippen molar-refractivity contribution in [3.05, 3.63) is 34.9 Å². The first-order valence-electron chi connectivity index (χ1n) is 10.1. The predicted molar refractivity (Wildman–Crippen MR) is 101 cm³/mol. The first-order valence-corrected chi connectivity index (χ1v) is 10.1. The maximum atomic E-state index is 12.8. The monoisotopic (exact) mass is 369 g/mol. The highest BCUT2D eigenvalue weighted by atomic mass is 16.2. The Hall–Kier alpha value is -2.21. The zero-order valence-electron chi connectivity index (χ0n) is 15.9. The van der Waals surface area contributed by atoms with E-state index < -0.39 is 0 Å². The summed E-state index contributed by atoms with van der Waals surface area (Å²) in [6.45, 7) is 5.94. The molecule has 0 unspecified atom stereocenters. The maximum absolute atomic E-state index is 12.8. The summed E-state index contributed by atoms with van der Waals surface area (Å²) in [4.78, 5) is 39.7. The van der Waals surface area contributed by atoms with E-state index in [0.29, 0.717) is 37.3 Å². The van der Waals surface area contributed by atoms with E-state index in [2.05, 4.69) is 24.0 Å². The Balaban J connectivity index is 1.50. The number of amides is 3. The highest BCUT2D eigenvalue weighted by Crippen LogP contribution is 2.33. The Morgan fingerprint density at radius 1 is 1.04 bits per heavy atom. The van der Waals surface area contributed by atoms with Gasteiger partial charge < -0.3 is 4.90 Å². The molecule has 4 rings (SSSR count). The van der Waals surface area contributed by atoms with Gasteiger partial charge in [-0.05, 0) is 68.4 Å². The summed E-state index contributed by atoms with van der Waals surface area (Å²) in [7, 11) is 0. The molecule has 0 aliphatic carbocycles. The van der Waals surface area contributed by atoms with E-state index in [-0.39, 0.29) is 17.7 Å². The highest BCUT2D eigenvalue weighted by molar-refractivity contribution is 6.04. The van der Waals surface area contributed by atoms with Crippen LogP contribution in [0.4, 0.5) is 0 Å². The average Bonchev–Trinajstić information content (AvgIpc) is 2.98. The Morgan fingerprint density at radius 2 is 1.74 bits per heavy atom. The van der Waals surface area contributed by atoms with Crippen LogP contribution in [0.5, 0.6) is 0 Å². The average molecular weight is 369 g/mol. The molecular formula is C21H27N3O3. The van der Waals surface area contributed by atoms with E-state index >= 15 is 0 Å². The summed E-state index contributed by atoms with van der Waals surface area (Å²) in [6, 6.07) is 6.05. The zero-order valence-corrected chi connectivity index (χ0v) is 15.9. The van der Waals surface area contributed by atoms with Gasteiger partial charge in [-0.25, -0.2) is 5.01 Å². The molecule has 144 valence electrons. The molecule has 1 aromatic rings. The normalized spacial score (nSPS) is 21.9. The summed E-state index contributed by atoms with van der Waals surface area (Å²) in [5.74, 6) is -0.254. The number of rotatable bonds is 4. The van der Waals surface area contributed by atoms with Crippen molar-refractivity contribution in [1.29, 1.82) is 0 Å². The van der Waals surface area contributed by atoms with Gasteiger partial charge in [0, 0.05) is 18.4 Å². The van der Waals surface area contributed by atoms with Gasteiger partial charge in [-0.3, -0.25) is 14.4 Å². The number of benzene rings is 1. The minimum Gasteiger partial charge on any atom is -0.303 e. The van der Waals surface area contributed by atoms with E-state index in [4.69, 9.17) is 0 Å². The second-order valence-electron chi connectivity index (χ2n) is 7.85. The van der Waals surface area contributed by atoms with E-state index in [0.717, 1.165) is 43.0 Å². The summed E-state index contributed by atoms with van der Waals surface area (Å²) in [6.07, 6.45) is 4.69. The standard InChI is InChI=1S/C21H27N3O3/c1-2-10-22-11-8-15(9-12-22)16-6-7-18-17(13-16)14-23(21(18)27)24-19(25)4-3-5-20(24)26/h6-7,13,15H,2-5,8-12,14H2,1H3. The van der Waals surface area contributed by atoms with Crippen LogP contribution in [0.2, 0.25) is 0 Å². The van der Waals surface area contributed by atoms with Crippen LogP contribution in [0.3, 0.4) is 0 Å². The van der Waals surface area contributed by atoms with Crippen LogP contribution in [0.15, 0.2) is 18.2 Å². The summed E-state index contributed by atoms with van der Waals surface area (Å²) < 4.78 is 0. The van der Waals surface area contributed by atoms with Crippen molar-refractivity contribution in [1.82, 2.24) is 14.9 Å². The van der Waals surface area contributed by atoms with Gasteiger partial charge in [-0.2, -0.15) is 5.01 Å². The SMILES string of the molecule is CCCN1CCC(c2ccc3c(c2)CN(N2C(=O)CCCC2=O)C3=O)CC1. The Bertz CT molecular complexity index is 752. The van der Waals surface area contributed by atoms with Crippen molar-refractivity contribution in [3.8, 4) is 0 Å². The van der Waals surface area contributed by atoms with Gasteiger partial charge in [0.15, 0.2) is 0 Å². The van der Waals surface area contributed by atoms with Crippen LogP contribution in [-0.2, 0) is 16.1 Å². The molecule has 6 heteroatoms. The molecular weight excluding hydrogens is 342 g/mol. The third kappa shape index (κ3) is 3.38. The third-order valence-corrected chi connectivity index (χ3v) is 6.01. The topological polar surface area (TPSA) is 60.9 Å². The lowest BCUT2D eigenvalue weighted by Crippen LogP contribution is -2.51. The first kappa shape index (κ1) is 18.2. The fourth-order valence-corrected chi connectivity index (χ4v) is 4.56. The van der Waals surface area contributed by atoms with E-state index in [1.165, 1.54) is 17.0 Å². The number of imide groups is 1. The first-order chi connectivity index (χ1) is 13.1. The highest BCUT2D eigenvalue weighted by Gasteiger charge is 2.39. The lowest BCUT2D eigenvalue weighted by Gasteiger charge is -2.32. The van der Waals surface area contributed by atoms with Crippen molar-refractivity contribution in [2.45, 2.75) is 57.9 Å². The van der Waals surface area contributed by atoms with Crippen molar-refractivity contribution in [2.75, 3.05) is 19.6 Å². The lowest BCUT2D eigenvalue weighted by atomic mass is 9.88. The number of fused-ring (bicyclic) bond motifs is 1. The molecule has 27 heavy (non-hydrogen) atoms. The quantitative estimate of drug-likeness (QED) is 0.766. The maximum Gasteiger partial charge on any atom is 0.273 e. The molecule has 0 atom stereocenters. The minimum absolute atomic E-state index is 0.238. The smallest absolute Gasteiger partial charge is 0.273 e. The molecule has 0 N–H and O–H groups in total. The number of nitrogens with zero attached hydrogens (tertiary/aromatic N) is 3. The second kappa shape index (κ2) is 7.43. The largest absolute Gasteiger partial charge is 0.303 e. The van der Waals surface area contributed by atoms with Crippen LogP contribution >= 0.6 is 0 Å². The fourth-order valence-electron chi connectivity index (χ4n) is 4.56. The number of piperidine rings is 2. The number of hydrogen-bond acceptors (Lipinski definition) is 4. The molecule has 6 nitrogen and oxygen atoms in total. The number of carbonyl (C=O) groups is 3. The van der Waals surface area contributed by atoms with Crippen molar-refractivity contribution in [3.63, 3.8) is 0 Å². The van der Waals surface area contributed by atoms with Crippen molar-refractivity contribution < 1.29 is 14.4 Å². The van der Waals surface area contributed by atoms with Crippen LogP contribution < -0.4 is 0 Å². The van der Waals surface area contributed by atoms with Crippen LogP contribution in [-0.4, -0.2) is 52.3 Å². The zero-order chi connectivity index (χ0) is 19.0. The molecule has 3 aliphatic heterocycles. The van der Waals surface area contributed by atoms with Crippen molar-refractivity contribution >= 4 is 17.7 Å². The Morgan fingerprint density at radius 3 is 2.41 bits per heavy atom. The summed E-state index contributed by atoms with van der Waals surface area (Å²) in [5.41, 5.74) is 2.82. The fraction of sp³-hybridized carbons (Fsp3) is 0.571. The molecule has 0 radical (unpaired) electrons. The second-order valence-corrected chi connectivity index (χ2v) is 7.85. The number of carbonyl (C=O) groups excluding carboxylic acids is 3. The molecule has 0 saturated carbocycles. The molecule has 0 bridgehead atoms. The van der Waals surface area contributed by atoms with E-state index in [1.807, 2.05) is 6.07 Å². The van der Waals surface area contributed by atoms with E-state index in [1.54, 1.807) is 0 Å². The Labute approximate surface area is 160 Å². The van der Waals surface area contributed by atoms with Crippen LogP contribution in [0.1, 0.15) is 72.9 Å². The Kier molecular flexibility index (Phi) is 5.00. The predicted octanol–water partition coefficient (Wildman–Crippen LogP) is 2.69. The molecule has 2 fully saturated rings. The summed E-state index contributed by atoms with van der Waals surface area (Å²) >= 11 is 0. The van der Waals surface area contributed by atoms with Gasteiger partial charge in [0.05, 0.1) is 6.54 Å². The molecule has 3 amide bonds. The number of likely N-dealkylation sites (tertiary alicyclic amines) is 1. The van der Waals surface area contributed by atoms with Gasteiger partial charge in [0.25, 0.3) is 5.91 Å². The third-order valence-electron chi connectivity index (χ3n) is 6.01.